The largest absolute Gasteiger partial charge is 0.462 e. The van der Waals surface area contributed by atoms with Crippen LogP contribution in [0.1, 0.15) is 213 Å². The molecule has 0 aliphatic rings. The van der Waals surface area contributed by atoms with Crippen molar-refractivity contribution in [1.82, 2.24) is 0 Å². The molecule has 0 rings (SSSR count). The highest BCUT2D eigenvalue weighted by Crippen LogP contribution is 2.13. The van der Waals surface area contributed by atoms with E-state index < -0.39 is 6.10 Å². The number of hydrogen-bond donors (Lipinski definition) is 0. The average molecular weight is 821 g/mol. The van der Waals surface area contributed by atoms with Crippen LogP contribution in [0.5, 0.6) is 0 Å². The molecule has 59 heavy (non-hydrogen) atoms. The summed E-state index contributed by atoms with van der Waals surface area (Å²) in [6.45, 7) is 6.39. The Balaban J connectivity index is 4.48. The van der Waals surface area contributed by atoms with Gasteiger partial charge in [0.2, 0.25) is 0 Å². The maximum Gasteiger partial charge on any atom is 0.306 e. The number of carbonyl (C=O) groups is 3. The molecule has 0 heterocycles. The summed E-state index contributed by atoms with van der Waals surface area (Å²) in [6.07, 6.45) is 60.0. The van der Waals surface area contributed by atoms with E-state index in [-0.39, 0.29) is 37.5 Å². The Morgan fingerprint density at radius 3 is 1.25 bits per heavy atom. The van der Waals surface area contributed by atoms with Gasteiger partial charge >= 0.3 is 17.9 Å². The molecule has 0 aromatic rings. The van der Waals surface area contributed by atoms with Crippen LogP contribution in [0.3, 0.4) is 0 Å². The lowest BCUT2D eigenvalue weighted by molar-refractivity contribution is -0.167. The van der Waals surface area contributed by atoms with Crippen molar-refractivity contribution in [2.45, 2.75) is 219 Å². The molecule has 1 atom stereocenters. The molecule has 0 saturated heterocycles. The number of ether oxygens (including phenoxy) is 3. The molecule has 0 aliphatic heterocycles. The monoisotopic (exact) mass is 821 g/mol. The maximum absolute atomic E-state index is 12.7. The van der Waals surface area contributed by atoms with Crippen LogP contribution in [0.15, 0.2) is 85.1 Å². The third-order valence-electron chi connectivity index (χ3n) is 9.98. The zero-order valence-electron chi connectivity index (χ0n) is 38.2. The Morgan fingerprint density at radius 2 is 0.746 bits per heavy atom. The molecule has 0 N–H and O–H groups in total. The third-order valence-corrected chi connectivity index (χ3v) is 9.98. The number of hydrogen-bond acceptors (Lipinski definition) is 6. The number of carbonyl (C=O) groups excluding carboxylic acids is 3. The molecule has 0 radical (unpaired) electrons. The van der Waals surface area contributed by atoms with E-state index in [1.807, 2.05) is 24.3 Å². The zero-order valence-corrected chi connectivity index (χ0v) is 38.2. The third kappa shape index (κ3) is 45.5. The highest BCUT2D eigenvalue weighted by atomic mass is 16.6. The summed E-state index contributed by atoms with van der Waals surface area (Å²) in [4.78, 5) is 37.8. The van der Waals surface area contributed by atoms with E-state index in [2.05, 4.69) is 81.5 Å². The van der Waals surface area contributed by atoms with Crippen LogP contribution in [0, 0.1) is 0 Å². The minimum Gasteiger partial charge on any atom is -0.462 e. The van der Waals surface area contributed by atoms with Gasteiger partial charge < -0.3 is 14.2 Å². The fourth-order valence-electron chi connectivity index (χ4n) is 6.35. The molecule has 6 nitrogen and oxygen atoms in total. The van der Waals surface area contributed by atoms with Gasteiger partial charge in [0.1, 0.15) is 13.2 Å². The summed E-state index contributed by atoms with van der Waals surface area (Å²) < 4.78 is 16.7. The van der Waals surface area contributed by atoms with Gasteiger partial charge in [-0.3, -0.25) is 14.4 Å². The van der Waals surface area contributed by atoms with Gasteiger partial charge in [0.05, 0.1) is 0 Å². The number of allylic oxidation sites excluding steroid dienone is 14. The summed E-state index contributed by atoms with van der Waals surface area (Å²) in [5.74, 6) is -0.988. The first-order valence-electron chi connectivity index (χ1n) is 24.1. The normalized spacial score (nSPS) is 12.8. The number of unbranched alkanes of at least 4 members (excludes halogenated alkanes) is 20. The van der Waals surface area contributed by atoms with E-state index in [1.54, 1.807) is 0 Å². The van der Waals surface area contributed by atoms with Gasteiger partial charge in [-0.25, -0.2) is 0 Å². The maximum atomic E-state index is 12.7. The van der Waals surface area contributed by atoms with Crippen molar-refractivity contribution < 1.29 is 28.6 Å². The Labute approximate surface area is 363 Å². The van der Waals surface area contributed by atoms with Gasteiger partial charge in [-0.15, -0.1) is 0 Å². The lowest BCUT2D eigenvalue weighted by atomic mass is 10.1. The van der Waals surface area contributed by atoms with Crippen molar-refractivity contribution in [3.05, 3.63) is 85.1 Å². The van der Waals surface area contributed by atoms with Gasteiger partial charge in [-0.1, -0.05) is 209 Å². The molecule has 336 valence electrons. The van der Waals surface area contributed by atoms with Crippen LogP contribution in [0.2, 0.25) is 0 Å². The topological polar surface area (TPSA) is 78.9 Å². The second-order valence-electron chi connectivity index (χ2n) is 15.7. The molecule has 0 fully saturated rings. The van der Waals surface area contributed by atoms with Gasteiger partial charge in [-0.2, -0.15) is 0 Å². The molecular weight excluding hydrogens is 733 g/mol. The SMILES string of the molecule is CC\C=C/C=C\C=C/C=C\CCCCCCCC(=O)OC(COC(=O)CCC/C=C\C/C=C\C/C=C\CCCCCCCC)COC(=O)CCCCCCCCCCC. The first kappa shape index (κ1) is 55.6. The molecular formula is C53H88O6. The Kier molecular flexibility index (Phi) is 44.5. The molecule has 0 amide bonds. The standard InChI is InChI=1S/C53H88O6/c1-4-7-10-13-16-19-21-23-25-26-28-29-31-34-37-40-43-46-52(55)58-49-50(48-57-51(54)45-42-39-36-33-18-15-12-9-6-3)59-53(56)47-44-41-38-35-32-30-27-24-22-20-17-14-11-8-5-2/h8,11,14,17,20,22-25,27-29,34,37,50H,4-7,9-10,12-13,15-16,18-19,21,26,30-33,35-36,38-49H2,1-3H3/b11-8-,17-14-,22-20-,25-23-,27-24-,29-28-,37-34-. The molecule has 6 heteroatoms. The number of rotatable bonds is 42. The predicted octanol–water partition coefficient (Wildman–Crippen LogP) is 15.6. The molecule has 0 spiro atoms. The van der Waals surface area contributed by atoms with Gasteiger partial charge in [0.15, 0.2) is 6.10 Å². The zero-order chi connectivity index (χ0) is 43.0. The van der Waals surface area contributed by atoms with E-state index in [0.29, 0.717) is 19.3 Å². The van der Waals surface area contributed by atoms with E-state index in [4.69, 9.17) is 14.2 Å². The van der Waals surface area contributed by atoms with Gasteiger partial charge in [0, 0.05) is 19.3 Å². The fraction of sp³-hybridized carbons (Fsp3) is 0.679. The predicted molar refractivity (Wildman–Crippen MR) is 251 cm³/mol. The van der Waals surface area contributed by atoms with Crippen molar-refractivity contribution in [2.24, 2.45) is 0 Å². The van der Waals surface area contributed by atoms with E-state index in [9.17, 15) is 14.4 Å². The lowest BCUT2D eigenvalue weighted by Gasteiger charge is -2.18. The Bertz CT molecular complexity index is 1170. The second-order valence-corrected chi connectivity index (χ2v) is 15.7. The van der Waals surface area contributed by atoms with E-state index in [0.717, 1.165) is 83.5 Å². The molecule has 0 saturated carbocycles. The summed E-state index contributed by atoms with van der Waals surface area (Å²) in [6, 6.07) is 0. The van der Waals surface area contributed by atoms with Gasteiger partial charge in [0.25, 0.3) is 0 Å². The van der Waals surface area contributed by atoms with Crippen LogP contribution in [0.25, 0.3) is 0 Å². The summed E-state index contributed by atoms with van der Waals surface area (Å²) in [5, 5.41) is 0. The average Bonchev–Trinajstić information content (AvgIpc) is 3.23. The molecule has 0 aromatic carbocycles. The highest BCUT2D eigenvalue weighted by molar-refractivity contribution is 5.71. The van der Waals surface area contributed by atoms with Crippen molar-refractivity contribution in [3.63, 3.8) is 0 Å². The van der Waals surface area contributed by atoms with Crippen molar-refractivity contribution in [2.75, 3.05) is 13.2 Å². The summed E-state index contributed by atoms with van der Waals surface area (Å²) >= 11 is 0. The van der Waals surface area contributed by atoms with Crippen LogP contribution < -0.4 is 0 Å². The lowest BCUT2D eigenvalue weighted by Crippen LogP contribution is -2.30. The van der Waals surface area contributed by atoms with Crippen molar-refractivity contribution >= 4 is 17.9 Å². The number of esters is 3. The van der Waals surface area contributed by atoms with E-state index in [1.165, 1.54) is 83.5 Å². The minimum atomic E-state index is -0.806. The molecule has 0 aliphatic carbocycles. The summed E-state index contributed by atoms with van der Waals surface area (Å²) in [5.41, 5.74) is 0. The van der Waals surface area contributed by atoms with Crippen LogP contribution in [0.4, 0.5) is 0 Å². The summed E-state index contributed by atoms with van der Waals surface area (Å²) in [7, 11) is 0. The Morgan fingerprint density at radius 1 is 0.373 bits per heavy atom. The second kappa shape index (κ2) is 47.3. The van der Waals surface area contributed by atoms with Gasteiger partial charge in [-0.05, 0) is 70.6 Å². The first-order chi connectivity index (χ1) is 29.0. The smallest absolute Gasteiger partial charge is 0.306 e. The minimum absolute atomic E-state index is 0.102. The molecule has 0 bridgehead atoms. The first-order valence-corrected chi connectivity index (χ1v) is 24.1. The van der Waals surface area contributed by atoms with Crippen LogP contribution >= 0.6 is 0 Å². The quantitative estimate of drug-likeness (QED) is 0.0201. The van der Waals surface area contributed by atoms with E-state index >= 15 is 0 Å². The molecule has 0 aromatic heterocycles. The fourth-order valence-corrected chi connectivity index (χ4v) is 6.35. The van der Waals surface area contributed by atoms with Crippen LogP contribution in [-0.4, -0.2) is 37.2 Å². The highest BCUT2D eigenvalue weighted by Gasteiger charge is 2.19. The van der Waals surface area contributed by atoms with Crippen molar-refractivity contribution in [1.29, 1.82) is 0 Å². The molecule has 1 unspecified atom stereocenters. The van der Waals surface area contributed by atoms with Crippen LogP contribution in [-0.2, 0) is 28.6 Å². The Hall–Kier alpha value is -3.41. The van der Waals surface area contributed by atoms with Crippen molar-refractivity contribution in [3.8, 4) is 0 Å².